The van der Waals surface area contributed by atoms with Gasteiger partial charge in [-0.25, -0.2) is 4.79 Å². The van der Waals surface area contributed by atoms with E-state index in [2.05, 4.69) is 67.5 Å². The molecule has 2 aromatic rings. The summed E-state index contributed by atoms with van der Waals surface area (Å²) < 4.78 is 11.5. The maximum Gasteiger partial charge on any atom is 0.343 e. The quantitative estimate of drug-likeness (QED) is 0.238. The monoisotopic (exact) mass is 508 g/mol. The normalized spacial score (nSPS) is 13.7. The number of carbonyl (C=O) groups is 2. The summed E-state index contributed by atoms with van der Waals surface area (Å²) in [6, 6.07) is 12.1. The van der Waals surface area contributed by atoms with E-state index >= 15 is 0 Å². The molecule has 2 rings (SSSR count). The van der Waals surface area contributed by atoms with E-state index in [0.29, 0.717) is 24.3 Å². The minimum atomic E-state index is -0.358. The number of esters is 2. The lowest BCUT2D eigenvalue weighted by Crippen LogP contribution is -2.22. The van der Waals surface area contributed by atoms with Gasteiger partial charge in [-0.15, -0.1) is 0 Å². The van der Waals surface area contributed by atoms with Gasteiger partial charge >= 0.3 is 11.9 Å². The number of hydrogen-bond donors (Lipinski definition) is 0. The highest BCUT2D eigenvalue weighted by Crippen LogP contribution is 2.43. The van der Waals surface area contributed by atoms with Crippen molar-refractivity contribution < 1.29 is 19.1 Å². The maximum absolute atomic E-state index is 13.4. The predicted molar refractivity (Wildman–Crippen MR) is 153 cm³/mol. The van der Waals surface area contributed by atoms with Crippen LogP contribution in [0.2, 0.25) is 0 Å². The second kappa shape index (κ2) is 12.8. The molecule has 2 aromatic carbocycles. The Kier molecular flexibility index (Phi) is 10.6. The first-order chi connectivity index (χ1) is 17.2. The van der Waals surface area contributed by atoms with Crippen molar-refractivity contribution in [1.29, 1.82) is 0 Å². The number of benzene rings is 2. The fourth-order valence-electron chi connectivity index (χ4n) is 4.50. The van der Waals surface area contributed by atoms with Crippen molar-refractivity contribution >= 4 is 11.9 Å². The summed E-state index contributed by atoms with van der Waals surface area (Å²) >= 11 is 0. The number of carbonyl (C=O) groups excluding carboxylic acids is 2. The Balaban J connectivity index is 2.55. The van der Waals surface area contributed by atoms with Gasteiger partial charge in [0.2, 0.25) is 0 Å². The molecule has 0 radical (unpaired) electrons. The molecule has 0 aliphatic carbocycles. The molecular formula is C33H48O4. The van der Waals surface area contributed by atoms with Gasteiger partial charge in [0.1, 0.15) is 5.75 Å². The van der Waals surface area contributed by atoms with Crippen LogP contribution >= 0.6 is 0 Å². The molecule has 4 nitrogen and oxygen atoms in total. The molecule has 2 atom stereocenters. The van der Waals surface area contributed by atoms with Crippen LogP contribution in [0.1, 0.15) is 127 Å². The zero-order valence-electron chi connectivity index (χ0n) is 24.8. The van der Waals surface area contributed by atoms with Crippen LogP contribution in [0.15, 0.2) is 36.4 Å². The van der Waals surface area contributed by atoms with E-state index in [0.717, 1.165) is 30.4 Å². The predicted octanol–water partition coefficient (Wildman–Crippen LogP) is 8.54. The van der Waals surface area contributed by atoms with Crippen molar-refractivity contribution in [2.24, 2.45) is 5.92 Å². The Morgan fingerprint density at radius 2 is 1.51 bits per heavy atom. The molecule has 0 amide bonds. The van der Waals surface area contributed by atoms with Crippen molar-refractivity contribution in [3.05, 3.63) is 64.2 Å². The number of hydrogen-bond acceptors (Lipinski definition) is 4. The van der Waals surface area contributed by atoms with Crippen LogP contribution in [0.3, 0.4) is 0 Å². The summed E-state index contributed by atoms with van der Waals surface area (Å²) in [4.78, 5) is 25.8. The molecule has 0 heterocycles. The Morgan fingerprint density at radius 1 is 0.892 bits per heavy atom. The Morgan fingerprint density at radius 3 is 2.03 bits per heavy atom. The third-order valence-corrected chi connectivity index (χ3v) is 6.92. The molecule has 37 heavy (non-hydrogen) atoms. The van der Waals surface area contributed by atoms with Crippen molar-refractivity contribution in [3.8, 4) is 5.75 Å². The third kappa shape index (κ3) is 8.45. The lowest BCUT2D eigenvalue weighted by molar-refractivity contribution is -0.147. The topological polar surface area (TPSA) is 52.6 Å². The molecule has 204 valence electrons. The average Bonchev–Trinajstić information content (AvgIpc) is 2.81. The molecule has 0 aliphatic heterocycles. The van der Waals surface area contributed by atoms with Crippen molar-refractivity contribution in [3.63, 3.8) is 0 Å². The van der Waals surface area contributed by atoms with Gasteiger partial charge in [-0.1, -0.05) is 93.0 Å². The molecular weight excluding hydrogens is 460 g/mol. The van der Waals surface area contributed by atoms with Gasteiger partial charge in [0.15, 0.2) is 0 Å². The van der Waals surface area contributed by atoms with Crippen LogP contribution in [-0.2, 0) is 26.8 Å². The zero-order chi connectivity index (χ0) is 28.0. The molecule has 4 heteroatoms. The van der Waals surface area contributed by atoms with Gasteiger partial charge in [-0.2, -0.15) is 0 Å². The molecule has 0 bridgehead atoms. The third-order valence-electron chi connectivity index (χ3n) is 6.92. The lowest BCUT2D eigenvalue weighted by Gasteiger charge is -2.31. The highest BCUT2D eigenvalue weighted by molar-refractivity contribution is 5.91. The van der Waals surface area contributed by atoms with Crippen LogP contribution in [-0.4, -0.2) is 18.5 Å². The lowest BCUT2D eigenvalue weighted by atomic mass is 9.76. The second-order valence-corrected chi connectivity index (χ2v) is 12.4. The number of rotatable bonds is 10. The van der Waals surface area contributed by atoms with E-state index in [9.17, 15) is 9.59 Å². The van der Waals surface area contributed by atoms with Crippen LogP contribution in [0.25, 0.3) is 0 Å². The largest absolute Gasteiger partial charge is 0.466 e. The van der Waals surface area contributed by atoms with Gasteiger partial charge in [0.25, 0.3) is 0 Å². The second-order valence-electron chi connectivity index (χ2n) is 12.4. The molecule has 2 unspecified atom stereocenters. The molecule has 0 saturated carbocycles. The highest BCUT2D eigenvalue weighted by atomic mass is 16.5. The first kappa shape index (κ1) is 30.6. The van der Waals surface area contributed by atoms with Gasteiger partial charge in [-0.3, -0.25) is 4.79 Å². The summed E-state index contributed by atoms with van der Waals surface area (Å²) in [5, 5.41) is 0. The van der Waals surface area contributed by atoms with Crippen LogP contribution in [0.4, 0.5) is 0 Å². The SMILES string of the molecule is CCCCc1ccc(C(=O)Oc2c(C(C)CC(C)C(=O)OCC)cc(C(C)(C)C)cc2C(C)(C)C)cc1. The van der Waals surface area contributed by atoms with Gasteiger partial charge in [0, 0.05) is 5.56 Å². The van der Waals surface area contributed by atoms with Crippen LogP contribution in [0.5, 0.6) is 5.75 Å². The summed E-state index contributed by atoms with van der Waals surface area (Å²) in [7, 11) is 0. The molecule has 0 fully saturated rings. The van der Waals surface area contributed by atoms with Gasteiger partial charge in [-0.05, 0) is 71.8 Å². The van der Waals surface area contributed by atoms with Crippen molar-refractivity contribution in [1.82, 2.24) is 0 Å². The van der Waals surface area contributed by atoms with Gasteiger partial charge < -0.3 is 9.47 Å². The highest BCUT2D eigenvalue weighted by Gasteiger charge is 2.30. The molecule has 0 aromatic heterocycles. The summed E-state index contributed by atoms with van der Waals surface area (Å²) in [5.41, 5.74) is 4.58. The first-order valence-electron chi connectivity index (χ1n) is 13.9. The van der Waals surface area contributed by atoms with E-state index in [4.69, 9.17) is 9.47 Å². The minimum absolute atomic E-state index is 0.0120. The van der Waals surface area contributed by atoms with E-state index < -0.39 is 0 Å². The smallest absolute Gasteiger partial charge is 0.343 e. The standard InChI is InChI=1S/C33H48O4/c1-11-13-14-24-15-17-25(18-16-24)31(35)37-29-27(22(3)19-23(4)30(34)36-12-2)20-26(32(5,6)7)21-28(29)33(8,9)10/h15-18,20-23H,11-14,19H2,1-10H3. The number of unbranched alkanes of at least 4 members (excludes halogenated alkanes) is 1. The molecule has 0 N–H and O–H groups in total. The Labute approximate surface area is 225 Å². The summed E-state index contributed by atoms with van der Waals surface area (Å²) in [5.74, 6) is -0.210. The number of ether oxygens (including phenoxy) is 2. The van der Waals surface area contributed by atoms with E-state index in [1.807, 2.05) is 38.1 Å². The fraction of sp³-hybridized carbons (Fsp3) is 0.576. The van der Waals surface area contributed by atoms with E-state index in [1.165, 1.54) is 11.1 Å². The van der Waals surface area contributed by atoms with Gasteiger partial charge in [0.05, 0.1) is 18.1 Å². The Bertz CT molecular complexity index is 1050. The zero-order valence-corrected chi connectivity index (χ0v) is 24.8. The first-order valence-corrected chi connectivity index (χ1v) is 13.9. The van der Waals surface area contributed by atoms with Crippen molar-refractivity contribution in [2.45, 2.75) is 112 Å². The maximum atomic E-state index is 13.4. The van der Waals surface area contributed by atoms with E-state index in [-0.39, 0.29) is 34.6 Å². The fourth-order valence-corrected chi connectivity index (χ4v) is 4.50. The van der Waals surface area contributed by atoms with E-state index in [1.54, 1.807) is 0 Å². The minimum Gasteiger partial charge on any atom is -0.466 e. The molecule has 0 saturated heterocycles. The van der Waals surface area contributed by atoms with Crippen LogP contribution in [0, 0.1) is 5.92 Å². The summed E-state index contributed by atoms with van der Waals surface area (Å²) in [6.07, 6.45) is 3.88. The molecule has 0 aliphatic rings. The van der Waals surface area contributed by atoms with Crippen LogP contribution < -0.4 is 4.74 Å². The summed E-state index contributed by atoms with van der Waals surface area (Å²) in [6.45, 7) is 21.4. The average molecular weight is 509 g/mol. The van der Waals surface area contributed by atoms with Crippen molar-refractivity contribution in [2.75, 3.05) is 6.61 Å². The molecule has 0 spiro atoms. The Hall–Kier alpha value is -2.62. The number of aryl methyl sites for hydroxylation is 1.